The van der Waals surface area contributed by atoms with E-state index in [0.717, 1.165) is 5.56 Å². The number of ether oxygens (including phenoxy) is 1. The van der Waals surface area contributed by atoms with Crippen molar-refractivity contribution >= 4 is 33.2 Å². The summed E-state index contributed by atoms with van der Waals surface area (Å²) < 4.78 is 33.5. The van der Waals surface area contributed by atoms with Crippen molar-refractivity contribution in [2.45, 2.75) is 11.3 Å². The van der Waals surface area contributed by atoms with Gasteiger partial charge in [0.25, 0.3) is 15.9 Å². The SMILES string of the molecule is COc1ccc(Cl)cc1S(=O)(=O)Nc1ccccc1C(=O)NCCc1ccccc1. The molecular weight excluding hydrogens is 424 g/mol. The molecule has 0 aliphatic heterocycles. The van der Waals surface area contributed by atoms with Gasteiger partial charge in [-0.15, -0.1) is 0 Å². The third-order valence-electron chi connectivity index (χ3n) is 4.37. The van der Waals surface area contributed by atoms with E-state index in [1.165, 1.54) is 31.4 Å². The van der Waals surface area contributed by atoms with Gasteiger partial charge in [0.1, 0.15) is 10.6 Å². The molecule has 6 nitrogen and oxygen atoms in total. The summed E-state index contributed by atoms with van der Waals surface area (Å²) in [5.74, 6) is -0.223. The van der Waals surface area contributed by atoms with Crippen LogP contribution < -0.4 is 14.8 Å². The number of para-hydroxylation sites is 1. The maximum Gasteiger partial charge on any atom is 0.265 e. The molecule has 0 bridgehead atoms. The second-order valence-corrected chi connectivity index (χ2v) is 8.53. The van der Waals surface area contributed by atoms with E-state index in [2.05, 4.69) is 10.0 Å². The Kier molecular flexibility index (Phi) is 6.97. The van der Waals surface area contributed by atoms with Crippen molar-refractivity contribution in [3.8, 4) is 5.75 Å². The third kappa shape index (κ3) is 5.31. The average Bonchev–Trinajstić information content (AvgIpc) is 2.74. The summed E-state index contributed by atoms with van der Waals surface area (Å²) in [6, 6.07) is 20.5. The molecule has 0 fully saturated rings. The largest absolute Gasteiger partial charge is 0.495 e. The maximum atomic E-state index is 12.9. The smallest absolute Gasteiger partial charge is 0.265 e. The van der Waals surface area contributed by atoms with Crippen LogP contribution in [0.5, 0.6) is 5.75 Å². The normalized spacial score (nSPS) is 11.0. The molecule has 3 aromatic rings. The van der Waals surface area contributed by atoms with E-state index in [1.807, 2.05) is 30.3 Å². The van der Waals surface area contributed by atoms with Gasteiger partial charge in [-0.25, -0.2) is 8.42 Å². The molecule has 0 aliphatic rings. The zero-order chi connectivity index (χ0) is 21.6. The Hall–Kier alpha value is -3.03. The van der Waals surface area contributed by atoms with Crippen molar-refractivity contribution in [1.82, 2.24) is 5.32 Å². The first-order valence-corrected chi connectivity index (χ1v) is 11.0. The number of nitrogens with one attached hydrogen (secondary N) is 2. The lowest BCUT2D eigenvalue weighted by Crippen LogP contribution is -2.27. The van der Waals surface area contributed by atoms with Crippen LogP contribution in [-0.4, -0.2) is 28.0 Å². The minimum Gasteiger partial charge on any atom is -0.495 e. The number of hydrogen-bond donors (Lipinski definition) is 2. The van der Waals surface area contributed by atoms with Gasteiger partial charge in [-0.2, -0.15) is 0 Å². The number of halogens is 1. The van der Waals surface area contributed by atoms with Crippen LogP contribution in [0.4, 0.5) is 5.69 Å². The van der Waals surface area contributed by atoms with Crippen LogP contribution >= 0.6 is 11.6 Å². The quantitative estimate of drug-likeness (QED) is 0.547. The number of rotatable bonds is 8. The van der Waals surface area contributed by atoms with Gasteiger partial charge in [0.2, 0.25) is 0 Å². The first-order valence-electron chi connectivity index (χ1n) is 9.18. The number of anilines is 1. The minimum atomic E-state index is -4.04. The molecule has 30 heavy (non-hydrogen) atoms. The molecular formula is C22H21ClN2O4S. The van der Waals surface area contributed by atoms with Gasteiger partial charge in [0, 0.05) is 11.6 Å². The number of benzene rings is 3. The molecule has 0 unspecified atom stereocenters. The summed E-state index contributed by atoms with van der Waals surface area (Å²) >= 11 is 5.96. The zero-order valence-corrected chi connectivity index (χ0v) is 17.8. The van der Waals surface area contributed by atoms with E-state index in [0.29, 0.717) is 13.0 Å². The van der Waals surface area contributed by atoms with Crippen LogP contribution in [0.2, 0.25) is 5.02 Å². The summed E-state index contributed by atoms with van der Waals surface area (Å²) in [7, 11) is -2.67. The number of hydrogen-bond acceptors (Lipinski definition) is 4. The van der Waals surface area contributed by atoms with E-state index in [-0.39, 0.29) is 32.8 Å². The Morgan fingerprint density at radius 1 is 1.00 bits per heavy atom. The molecule has 3 rings (SSSR count). The van der Waals surface area contributed by atoms with Crippen molar-refractivity contribution < 1.29 is 17.9 Å². The summed E-state index contributed by atoms with van der Waals surface area (Å²) in [6.07, 6.45) is 0.667. The maximum absolute atomic E-state index is 12.9. The van der Waals surface area contributed by atoms with Crippen LogP contribution in [0.15, 0.2) is 77.7 Å². The van der Waals surface area contributed by atoms with E-state index < -0.39 is 10.0 Å². The van der Waals surface area contributed by atoms with Crippen LogP contribution in [0.3, 0.4) is 0 Å². The van der Waals surface area contributed by atoms with Gasteiger partial charge >= 0.3 is 0 Å². The Balaban J connectivity index is 1.78. The van der Waals surface area contributed by atoms with Crippen LogP contribution in [0.1, 0.15) is 15.9 Å². The Morgan fingerprint density at radius 3 is 2.43 bits per heavy atom. The van der Waals surface area contributed by atoms with E-state index in [4.69, 9.17) is 16.3 Å². The Morgan fingerprint density at radius 2 is 1.70 bits per heavy atom. The monoisotopic (exact) mass is 444 g/mol. The molecule has 0 atom stereocenters. The van der Waals surface area contributed by atoms with Gasteiger partial charge in [0.05, 0.1) is 18.4 Å². The summed E-state index contributed by atoms with van der Waals surface area (Å²) in [6.45, 7) is 0.423. The zero-order valence-electron chi connectivity index (χ0n) is 16.3. The van der Waals surface area contributed by atoms with Crippen LogP contribution in [0.25, 0.3) is 0 Å². The van der Waals surface area contributed by atoms with Crippen LogP contribution in [0, 0.1) is 0 Å². The topological polar surface area (TPSA) is 84.5 Å². The lowest BCUT2D eigenvalue weighted by Gasteiger charge is -2.14. The van der Waals surface area contributed by atoms with Crippen molar-refractivity contribution in [3.05, 3.63) is 88.9 Å². The molecule has 1 amide bonds. The highest BCUT2D eigenvalue weighted by atomic mass is 35.5. The van der Waals surface area contributed by atoms with Crippen molar-refractivity contribution in [3.63, 3.8) is 0 Å². The summed E-state index contributed by atoms with van der Waals surface area (Å²) in [5, 5.41) is 3.08. The number of carbonyl (C=O) groups is 1. The number of methoxy groups -OCH3 is 1. The Bertz CT molecular complexity index is 1130. The summed E-state index contributed by atoms with van der Waals surface area (Å²) in [5.41, 5.74) is 1.48. The van der Waals surface area contributed by atoms with Gasteiger partial charge < -0.3 is 10.1 Å². The molecule has 0 spiro atoms. The van der Waals surface area contributed by atoms with Gasteiger partial charge in [0.15, 0.2) is 0 Å². The van der Waals surface area contributed by atoms with Gasteiger partial charge in [-0.1, -0.05) is 54.1 Å². The van der Waals surface area contributed by atoms with E-state index in [1.54, 1.807) is 18.2 Å². The third-order valence-corrected chi connectivity index (χ3v) is 6.00. The molecule has 8 heteroatoms. The first kappa shape index (κ1) is 21.7. The predicted molar refractivity (Wildman–Crippen MR) is 118 cm³/mol. The molecule has 0 saturated heterocycles. The predicted octanol–water partition coefficient (Wildman–Crippen LogP) is 4.12. The fourth-order valence-electron chi connectivity index (χ4n) is 2.89. The second-order valence-electron chi connectivity index (χ2n) is 6.44. The van der Waals surface area contributed by atoms with Crippen molar-refractivity contribution in [2.75, 3.05) is 18.4 Å². The summed E-state index contributed by atoms with van der Waals surface area (Å²) in [4.78, 5) is 12.5. The molecule has 0 saturated carbocycles. The van der Waals surface area contributed by atoms with E-state index in [9.17, 15) is 13.2 Å². The lowest BCUT2D eigenvalue weighted by atomic mass is 10.1. The molecule has 156 valence electrons. The average molecular weight is 445 g/mol. The fourth-order valence-corrected chi connectivity index (χ4v) is 4.40. The molecule has 3 aromatic carbocycles. The second kappa shape index (κ2) is 9.65. The molecule has 0 heterocycles. The standard InChI is InChI=1S/C22H21ClN2O4S/c1-29-20-12-11-17(23)15-21(20)30(27,28)25-19-10-6-5-9-18(19)22(26)24-14-13-16-7-3-2-4-8-16/h2-12,15,25H,13-14H2,1H3,(H,24,26). The number of sulfonamides is 1. The lowest BCUT2D eigenvalue weighted by molar-refractivity contribution is 0.0955. The van der Waals surface area contributed by atoms with E-state index >= 15 is 0 Å². The highest BCUT2D eigenvalue weighted by Crippen LogP contribution is 2.29. The number of amides is 1. The first-order chi connectivity index (χ1) is 14.4. The molecule has 0 aromatic heterocycles. The molecule has 2 N–H and O–H groups in total. The van der Waals surface area contributed by atoms with Gasteiger partial charge in [-0.3, -0.25) is 9.52 Å². The molecule has 0 aliphatic carbocycles. The highest BCUT2D eigenvalue weighted by molar-refractivity contribution is 7.92. The van der Waals surface area contributed by atoms with Gasteiger partial charge in [-0.05, 0) is 42.3 Å². The Labute approximate surface area is 180 Å². The fraction of sp³-hybridized carbons (Fsp3) is 0.136. The van der Waals surface area contributed by atoms with Crippen molar-refractivity contribution in [2.24, 2.45) is 0 Å². The molecule has 0 radical (unpaired) electrons. The highest BCUT2D eigenvalue weighted by Gasteiger charge is 2.22. The van der Waals surface area contributed by atoms with Crippen LogP contribution in [-0.2, 0) is 16.4 Å². The minimum absolute atomic E-state index is 0.114. The number of carbonyl (C=O) groups excluding carboxylic acids is 1. The van der Waals surface area contributed by atoms with Crippen molar-refractivity contribution in [1.29, 1.82) is 0 Å².